The van der Waals surface area contributed by atoms with Crippen molar-refractivity contribution in [1.82, 2.24) is 15.1 Å². The van der Waals surface area contributed by atoms with Crippen LogP contribution in [-0.4, -0.2) is 60.0 Å². The summed E-state index contributed by atoms with van der Waals surface area (Å²) in [6.45, 7) is 4.34. The lowest BCUT2D eigenvalue weighted by molar-refractivity contribution is -0.134. The molecule has 2 aliphatic rings. The number of halogens is 1. The zero-order valence-corrected chi connectivity index (χ0v) is 10.7. The van der Waals surface area contributed by atoms with Gasteiger partial charge in [0.2, 0.25) is 5.91 Å². The highest BCUT2D eigenvalue weighted by Crippen LogP contribution is 2.14. The number of amides is 3. The Labute approximate surface area is 107 Å². The van der Waals surface area contributed by atoms with E-state index >= 15 is 0 Å². The van der Waals surface area contributed by atoms with Crippen LogP contribution >= 0.6 is 12.4 Å². The zero-order chi connectivity index (χ0) is 11.7. The number of fused-ring (bicyclic) bond motifs is 1. The third-order valence-corrected chi connectivity index (χ3v) is 3.30. The van der Waals surface area contributed by atoms with Crippen molar-refractivity contribution in [3.8, 4) is 0 Å². The van der Waals surface area contributed by atoms with Crippen LogP contribution in [0.5, 0.6) is 0 Å². The van der Waals surface area contributed by atoms with Crippen molar-refractivity contribution in [3.05, 3.63) is 0 Å². The topological polar surface area (TPSA) is 78.7 Å². The molecular weight excluding hydrogens is 244 g/mol. The minimum atomic E-state index is -0.406. The molecule has 2 atom stereocenters. The van der Waals surface area contributed by atoms with E-state index in [2.05, 4.69) is 5.32 Å². The van der Waals surface area contributed by atoms with Crippen LogP contribution in [0.3, 0.4) is 0 Å². The first-order chi connectivity index (χ1) is 7.63. The van der Waals surface area contributed by atoms with Gasteiger partial charge in [-0.2, -0.15) is 0 Å². The summed E-state index contributed by atoms with van der Waals surface area (Å²) in [5.74, 6) is 0.00139. The number of carbonyl (C=O) groups is 2. The first kappa shape index (κ1) is 14.1. The van der Waals surface area contributed by atoms with Gasteiger partial charge in [0.15, 0.2) is 0 Å². The van der Waals surface area contributed by atoms with Gasteiger partial charge < -0.3 is 20.9 Å². The van der Waals surface area contributed by atoms with E-state index in [-0.39, 0.29) is 30.4 Å². The van der Waals surface area contributed by atoms with E-state index in [1.54, 1.807) is 9.80 Å². The Morgan fingerprint density at radius 2 is 2.29 bits per heavy atom. The maximum absolute atomic E-state index is 11.9. The second kappa shape index (κ2) is 5.55. The largest absolute Gasteiger partial charge is 0.337 e. The fourth-order valence-electron chi connectivity index (χ4n) is 2.21. The van der Waals surface area contributed by atoms with Crippen molar-refractivity contribution in [2.24, 2.45) is 5.73 Å². The summed E-state index contributed by atoms with van der Waals surface area (Å²) in [6.07, 6.45) is 0.654. The molecule has 0 aromatic carbocycles. The van der Waals surface area contributed by atoms with Crippen LogP contribution in [0.4, 0.5) is 4.79 Å². The zero-order valence-electron chi connectivity index (χ0n) is 9.89. The fraction of sp³-hybridized carbons (Fsp3) is 0.800. The molecule has 7 heteroatoms. The lowest BCUT2D eigenvalue weighted by atomic mass is 10.1. The minimum absolute atomic E-state index is 0. The molecule has 3 N–H and O–H groups in total. The van der Waals surface area contributed by atoms with E-state index in [1.807, 2.05) is 6.92 Å². The van der Waals surface area contributed by atoms with E-state index in [4.69, 9.17) is 5.73 Å². The SMILES string of the molecule is CC[C@H](N)C(=O)N1CCN2C(=O)NCC2C1.Cl. The first-order valence-electron chi connectivity index (χ1n) is 5.72. The van der Waals surface area contributed by atoms with Gasteiger partial charge in [0.1, 0.15) is 0 Å². The van der Waals surface area contributed by atoms with Crippen LogP contribution in [0.2, 0.25) is 0 Å². The lowest BCUT2D eigenvalue weighted by Gasteiger charge is -2.37. The molecule has 2 aliphatic heterocycles. The van der Waals surface area contributed by atoms with Gasteiger partial charge in [-0.05, 0) is 6.42 Å². The third-order valence-electron chi connectivity index (χ3n) is 3.30. The number of urea groups is 1. The van der Waals surface area contributed by atoms with E-state index in [9.17, 15) is 9.59 Å². The van der Waals surface area contributed by atoms with Crippen LogP contribution in [0, 0.1) is 0 Å². The van der Waals surface area contributed by atoms with Crippen LogP contribution in [0.25, 0.3) is 0 Å². The molecule has 0 radical (unpaired) electrons. The summed E-state index contributed by atoms with van der Waals surface area (Å²) in [4.78, 5) is 26.8. The summed E-state index contributed by atoms with van der Waals surface area (Å²) in [6, 6.07) is -0.303. The Hall–Kier alpha value is -1.01. The standard InChI is InChI=1S/C10H18N4O2.ClH/c1-2-8(11)9(15)13-3-4-14-7(6-13)5-12-10(14)16;/h7-8H,2-6,11H2,1H3,(H,12,16);1H/t7?,8-;/m0./s1. The van der Waals surface area contributed by atoms with E-state index in [1.165, 1.54) is 0 Å². The molecular formula is C10H19ClN4O2. The van der Waals surface area contributed by atoms with Gasteiger partial charge in [-0.1, -0.05) is 6.92 Å². The Bertz CT molecular complexity index is 313. The number of hydrogen-bond donors (Lipinski definition) is 2. The molecule has 2 rings (SSSR count). The monoisotopic (exact) mass is 262 g/mol. The Morgan fingerprint density at radius 3 is 2.94 bits per heavy atom. The van der Waals surface area contributed by atoms with Crippen LogP contribution in [0.1, 0.15) is 13.3 Å². The number of nitrogens with two attached hydrogens (primary N) is 1. The molecule has 0 spiro atoms. The lowest BCUT2D eigenvalue weighted by Crippen LogP contribution is -2.56. The molecule has 3 amide bonds. The molecule has 0 saturated carbocycles. The van der Waals surface area contributed by atoms with Crippen molar-refractivity contribution in [2.75, 3.05) is 26.2 Å². The van der Waals surface area contributed by atoms with Gasteiger partial charge >= 0.3 is 6.03 Å². The second-order valence-electron chi connectivity index (χ2n) is 4.33. The van der Waals surface area contributed by atoms with Gasteiger partial charge in [0.25, 0.3) is 0 Å². The Kier molecular flexibility index (Phi) is 4.59. The molecule has 6 nitrogen and oxygen atoms in total. The molecule has 0 aromatic heterocycles. The van der Waals surface area contributed by atoms with Gasteiger partial charge in [-0.15, -0.1) is 12.4 Å². The highest BCUT2D eigenvalue weighted by molar-refractivity contribution is 5.85. The number of piperazine rings is 1. The summed E-state index contributed by atoms with van der Waals surface area (Å²) in [5.41, 5.74) is 5.72. The molecule has 0 aliphatic carbocycles. The van der Waals surface area contributed by atoms with E-state index in [0.717, 1.165) is 0 Å². The van der Waals surface area contributed by atoms with Crippen molar-refractivity contribution in [3.63, 3.8) is 0 Å². The molecule has 0 bridgehead atoms. The first-order valence-corrected chi connectivity index (χ1v) is 5.72. The average molecular weight is 263 g/mol. The van der Waals surface area contributed by atoms with Crippen molar-refractivity contribution in [1.29, 1.82) is 0 Å². The molecule has 2 fully saturated rings. The summed E-state index contributed by atoms with van der Waals surface area (Å²) >= 11 is 0. The van der Waals surface area contributed by atoms with Crippen molar-refractivity contribution < 1.29 is 9.59 Å². The number of nitrogens with zero attached hydrogens (tertiary/aromatic N) is 2. The molecule has 0 aromatic rings. The summed E-state index contributed by atoms with van der Waals surface area (Å²) < 4.78 is 0. The summed E-state index contributed by atoms with van der Waals surface area (Å²) in [5, 5.41) is 2.78. The molecule has 1 unspecified atom stereocenters. The highest BCUT2D eigenvalue weighted by atomic mass is 35.5. The molecule has 2 heterocycles. The maximum Gasteiger partial charge on any atom is 0.317 e. The van der Waals surface area contributed by atoms with Crippen molar-refractivity contribution >= 4 is 24.3 Å². The third kappa shape index (κ3) is 2.63. The van der Waals surface area contributed by atoms with Gasteiger partial charge in [0, 0.05) is 26.2 Å². The highest BCUT2D eigenvalue weighted by Gasteiger charge is 2.37. The van der Waals surface area contributed by atoms with Gasteiger partial charge in [-0.25, -0.2) is 4.79 Å². The van der Waals surface area contributed by atoms with Crippen molar-refractivity contribution in [2.45, 2.75) is 25.4 Å². The van der Waals surface area contributed by atoms with E-state index < -0.39 is 6.04 Å². The normalized spacial score (nSPS) is 24.8. The quantitative estimate of drug-likeness (QED) is 0.696. The average Bonchev–Trinajstić information content (AvgIpc) is 2.68. The number of hydrogen-bond acceptors (Lipinski definition) is 3. The smallest absolute Gasteiger partial charge is 0.317 e. The second-order valence-corrected chi connectivity index (χ2v) is 4.33. The van der Waals surface area contributed by atoms with Gasteiger partial charge in [-0.3, -0.25) is 4.79 Å². The van der Waals surface area contributed by atoms with Crippen LogP contribution in [-0.2, 0) is 4.79 Å². The molecule has 17 heavy (non-hydrogen) atoms. The Balaban J connectivity index is 0.00000144. The molecule has 98 valence electrons. The fourth-order valence-corrected chi connectivity index (χ4v) is 2.21. The maximum atomic E-state index is 11.9. The molecule has 2 saturated heterocycles. The predicted molar refractivity (Wildman–Crippen MR) is 66.0 cm³/mol. The number of rotatable bonds is 2. The minimum Gasteiger partial charge on any atom is -0.337 e. The van der Waals surface area contributed by atoms with E-state index in [0.29, 0.717) is 32.6 Å². The van der Waals surface area contributed by atoms with Gasteiger partial charge in [0.05, 0.1) is 12.1 Å². The number of nitrogens with one attached hydrogen (secondary N) is 1. The number of carbonyl (C=O) groups excluding carboxylic acids is 2. The predicted octanol–water partition coefficient (Wildman–Crippen LogP) is -0.618. The van der Waals surface area contributed by atoms with Crippen LogP contribution in [0.15, 0.2) is 0 Å². The summed E-state index contributed by atoms with van der Waals surface area (Å²) in [7, 11) is 0. The Morgan fingerprint density at radius 1 is 1.59 bits per heavy atom. The van der Waals surface area contributed by atoms with Crippen LogP contribution < -0.4 is 11.1 Å².